The Morgan fingerprint density at radius 3 is 2.28 bits per heavy atom. The summed E-state index contributed by atoms with van der Waals surface area (Å²) >= 11 is 0. The average molecular weight is 261 g/mol. The maximum Gasteiger partial charge on any atom is 0.328 e. The predicted octanol–water partition coefficient (Wildman–Crippen LogP) is -1.40. The highest BCUT2D eigenvalue weighted by atomic mass is 16.4. The van der Waals surface area contributed by atoms with Gasteiger partial charge in [-0.1, -0.05) is 0 Å². The molecule has 0 heterocycles. The van der Waals surface area contributed by atoms with Gasteiger partial charge in [-0.25, -0.2) is 9.59 Å². The standard InChI is InChI=1S/C10H19N3O5/c1-4-13(3)7(15)5-11-10(18)12-8(6(2)14)9(16)17/h6,8,14H,4-5H2,1-3H3,(H,16,17)(H2,11,12,18)/t6-,8+/m1/s1. The summed E-state index contributed by atoms with van der Waals surface area (Å²) < 4.78 is 0. The highest BCUT2D eigenvalue weighted by Crippen LogP contribution is 1.92. The number of urea groups is 1. The summed E-state index contributed by atoms with van der Waals surface area (Å²) in [6, 6.07) is -2.23. The third kappa shape index (κ3) is 5.48. The number of nitrogens with one attached hydrogen (secondary N) is 2. The number of aliphatic hydroxyl groups is 1. The Labute approximate surface area is 105 Å². The molecule has 0 saturated heterocycles. The van der Waals surface area contributed by atoms with Crippen molar-refractivity contribution in [3.63, 3.8) is 0 Å². The number of carbonyl (C=O) groups is 3. The van der Waals surface area contributed by atoms with Crippen molar-refractivity contribution in [1.29, 1.82) is 0 Å². The summed E-state index contributed by atoms with van der Waals surface area (Å²) in [5.41, 5.74) is 0. The highest BCUT2D eigenvalue weighted by Gasteiger charge is 2.25. The number of carbonyl (C=O) groups excluding carboxylic acids is 2. The van der Waals surface area contributed by atoms with Crippen LogP contribution in [0.15, 0.2) is 0 Å². The molecule has 0 aliphatic heterocycles. The first-order chi connectivity index (χ1) is 8.29. The fraction of sp³-hybridized carbons (Fsp3) is 0.700. The zero-order valence-corrected chi connectivity index (χ0v) is 10.6. The molecule has 0 aliphatic rings. The highest BCUT2D eigenvalue weighted by molar-refractivity contribution is 5.86. The molecular weight excluding hydrogens is 242 g/mol. The van der Waals surface area contributed by atoms with Gasteiger partial charge in [0.2, 0.25) is 5.91 Å². The third-order valence-electron chi connectivity index (χ3n) is 2.34. The van der Waals surface area contributed by atoms with Crippen LogP contribution in [0.5, 0.6) is 0 Å². The molecule has 0 aromatic heterocycles. The van der Waals surface area contributed by atoms with Gasteiger partial charge >= 0.3 is 12.0 Å². The van der Waals surface area contributed by atoms with Gasteiger partial charge in [-0.2, -0.15) is 0 Å². The second kappa shape index (κ2) is 7.49. The number of likely N-dealkylation sites (N-methyl/N-ethyl adjacent to an activating group) is 1. The Balaban J connectivity index is 4.19. The zero-order chi connectivity index (χ0) is 14.3. The monoisotopic (exact) mass is 261 g/mol. The summed E-state index contributed by atoms with van der Waals surface area (Å²) in [5, 5.41) is 22.1. The number of hydrogen-bond donors (Lipinski definition) is 4. The molecule has 0 radical (unpaired) electrons. The van der Waals surface area contributed by atoms with Crippen molar-refractivity contribution in [2.45, 2.75) is 26.0 Å². The maximum atomic E-state index is 11.3. The normalized spacial score (nSPS) is 13.3. The van der Waals surface area contributed by atoms with Crippen LogP contribution >= 0.6 is 0 Å². The molecule has 2 atom stereocenters. The van der Waals surface area contributed by atoms with Gasteiger partial charge in [0.1, 0.15) is 0 Å². The van der Waals surface area contributed by atoms with E-state index in [-0.39, 0.29) is 12.5 Å². The molecule has 0 aliphatic carbocycles. The lowest BCUT2D eigenvalue weighted by Crippen LogP contribution is -2.52. The van der Waals surface area contributed by atoms with Gasteiger partial charge in [0.15, 0.2) is 6.04 Å². The minimum Gasteiger partial charge on any atom is -0.480 e. The predicted molar refractivity (Wildman–Crippen MR) is 63.0 cm³/mol. The molecular formula is C10H19N3O5. The smallest absolute Gasteiger partial charge is 0.328 e. The number of carboxylic acids is 1. The van der Waals surface area contributed by atoms with Crippen molar-refractivity contribution in [1.82, 2.24) is 15.5 Å². The first-order valence-corrected chi connectivity index (χ1v) is 5.48. The van der Waals surface area contributed by atoms with E-state index in [2.05, 4.69) is 10.6 Å². The Bertz CT molecular complexity index is 319. The van der Waals surface area contributed by atoms with Gasteiger partial charge in [-0.3, -0.25) is 4.79 Å². The van der Waals surface area contributed by atoms with E-state index in [9.17, 15) is 14.4 Å². The van der Waals surface area contributed by atoms with Crippen LogP contribution in [0.3, 0.4) is 0 Å². The fourth-order valence-electron chi connectivity index (χ4n) is 1.05. The lowest BCUT2D eigenvalue weighted by atomic mass is 10.2. The summed E-state index contributed by atoms with van der Waals surface area (Å²) in [7, 11) is 1.58. The zero-order valence-electron chi connectivity index (χ0n) is 10.6. The molecule has 3 amide bonds. The third-order valence-corrected chi connectivity index (χ3v) is 2.34. The van der Waals surface area contributed by atoms with E-state index in [1.54, 1.807) is 14.0 Å². The quantitative estimate of drug-likeness (QED) is 0.469. The lowest BCUT2D eigenvalue weighted by Gasteiger charge is -2.18. The molecule has 0 spiro atoms. The minimum atomic E-state index is -1.41. The van der Waals surface area contributed by atoms with Crippen LogP contribution in [-0.2, 0) is 9.59 Å². The molecule has 0 aromatic carbocycles. The van der Waals surface area contributed by atoms with Crippen molar-refractivity contribution in [3.8, 4) is 0 Å². The van der Waals surface area contributed by atoms with E-state index in [4.69, 9.17) is 10.2 Å². The van der Waals surface area contributed by atoms with Crippen molar-refractivity contribution >= 4 is 17.9 Å². The van der Waals surface area contributed by atoms with Crippen LogP contribution in [0.1, 0.15) is 13.8 Å². The van der Waals surface area contributed by atoms with Crippen LogP contribution in [0.4, 0.5) is 4.79 Å². The maximum absolute atomic E-state index is 11.3. The first-order valence-electron chi connectivity index (χ1n) is 5.48. The van der Waals surface area contributed by atoms with Crippen LogP contribution < -0.4 is 10.6 Å². The topological polar surface area (TPSA) is 119 Å². The minimum absolute atomic E-state index is 0.234. The van der Waals surface area contributed by atoms with Gasteiger partial charge in [-0.15, -0.1) is 0 Å². The van der Waals surface area contributed by atoms with E-state index in [1.807, 2.05) is 0 Å². The van der Waals surface area contributed by atoms with Crippen LogP contribution in [-0.4, -0.2) is 65.3 Å². The molecule has 0 saturated carbocycles. The molecule has 0 aromatic rings. The molecule has 8 nitrogen and oxygen atoms in total. The van der Waals surface area contributed by atoms with Crippen LogP contribution in [0, 0.1) is 0 Å². The second-order valence-electron chi connectivity index (χ2n) is 3.79. The van der Waals surface area contributed by atoms with Gasteiger partial charge in [0.05, 0.1) is 12.6 Å². The molecule has 0 fully saturated rings. The summed E-state index contributed by atoms with van der Waals surface area (Å²) in [6.07, 6.45) is -1.23. The summed E-state index contributed by atoms with van der Waals surface area (Å²) in [4.78, 5) is 34.8. The summed E-state index contributed by atoms with van der Waals surface area (Å²) in [5.74, 6) is -1.64. The van der Waals surface area contributed by atoms with Gasteiger partial charge in [-0.05, 0) is 13.8 Å². The molecule has 0 unspecified atom stereocenters. The number of aliphatic hydroxyl groups excluding tert-OH is 1. The van der Waals surface area contributed by atoms with E-state index >= 15 is 0 Å². The summed E-state index contributed by atoms with van der Waals surface area (Å²) in [6.45, 7) is 3.30. The van der Waals surface area contributed by atoms with Crippen molar-refractivity contribution in [2.75, 3.05) is 20.1 Å². The van der Waals surface area contributed by atoms with E-state index in [0.717, 1.165) is 0 Å². The van der Waals surface area contributed by atoms with Gasteiger partial charge < -0.3 is 25.7 Å². The fourth-order valence-corrected chi connectivity index (χ4v) is 1.05. The average Bonchev–Trinajstić information content (AvgIpc) is 2.30. The molecule has 0 bridgehead atoms. The first kappa shape index (κ1) is 16.2. The number of hydrogen-bond acceptors (Lipinski definition) is 4. The molecule has 18 heavy (non-hydrogen) atoms. The lowest BCUT2D eigenvalue weighted by molar-refractivity contribution is -0.141. The number of amides is 3. The Kier molecular flexibility index (Phi) is 6.73. The Hall–Kier alpha value is -1.83. The second-order valence-corrected chi connectivity index (χ2v) is 3.79. The van der Waals surface area contributed by atoms with Gasteiger partial charge in [0, 0.05) is 13.6 Å². The molecule has 4 N–H and O–H groups in total. The SMILES string of the molecule is CCN(C)C(=O)CNC(=O)N[C@H](C(=O)O)[C@@H](C)O. The number of aliphatic carboxylic acids is 1. The Morgan fingerprint density at radius 2 is 1.89 bits per heavy atom. The molecule has 0 rings (SSSR count). The van der Waals surface area contributed by atoms with Crippen LogP contribution in [0.2, 0.25) is 0 Å². The number of carboxylic acid groups (broad SMARTS) is 1. The largest absolute Gasteiger partial charge is 0.480 e. The van der Waals surface area contributed by atoms with Crippen molar-refractivity contribution in [3.05, 3.63) is 0 Å². The number of nitrogens with zero attached hydrogens (tertiary/aromatic N) is 1. The molecule has 104 valence electrons. The molecule has 8 heteroatoms. The Morgan fingerprint density at radius 1 is 1.33 bits per heavy atom. The van der Waals surface area contributed by atoms with E-state index in [0.29, 0.717) is 6.54 Å². The van der Waals surface area contributed by atoms with E-state index < -0.39 is 24.1 Å². The number of rotatable bonds is 6. The van der Waals surface area contributed by atoms with Crippen molar-refractivity contribution < 1.29 is 24.6 Å². The van der Waals surface area contributed by atoms with Crippen LogP contribution in [0.25, 0.3) is 0 Å². The van der Waals surface area contributed by atoms with Gasteiger partial charge in [0.25, 0.3) is 0 Å². The van der Waals surface area contributed by atoms with E-state index in [1.165, 1.54) is 11.8 Å². The van der Waals surface area contributed by atoms with Crippen molar-refractivity contribution in [2.24, 2.45) is 0 Å².